The maximum absolute atomic E-state index is 6.11. The van der Waals surface area contributed by atoms with Crippen molar-refractivity contribution in [2.45, 2.75) is 25.7 Å². The summed E-state index contributed by atoms with van der Waals surface area (Å²) >= 11 is 17.9. The molecule has 0 bridgehead atoms. The molecule has 1 aromatic carbocycles. The molecule has 1 aliphatic carbocycles. The number of hydrazone groups is 1. The van der Waals surface area contributed by atoms with Gasteiger partial charge in [0.2, 0.25) is 0 Å². The number of hydrogen-bond acceptors (Lipinski definition) is 3. The van der Waals surface area contributed by atoms with Gasteiger partial charge in [0.15, 0.2) is 5.82 Å². The summed E-state index contributed by atoms with van der Waals surface area (Å²) in [5.41, 5.74) is 6.44. The number of nitrogens with zero attached hydrogens (tertiary/aromatic N) is 2. The second-order valence-corrected chi connectivity index (χ2v) is 6.30. The number of anilines is 1. The number of fused-ring (bicyclic) bond motifs is 1. The minimum absolute atomic E-state index is 0.204. The van der Waals surface area contributed by atoms with E-state index in [0.717, 1.165) is 25.0 Å². The van der Waals surface area contributed by atoms with Crippen LogP contribution in [0.4, 0.5) is 5.82 Å². The van der Waals surface area contributed by atoms with Gasteiger partial charge in [-0.15, -0.1) is 0 Å². The largest absolute Gasteiger partial charge is 0.260 e. The standard InChI is InChI=1S/C16H14Cl3N3/c17-12-9-13(18)16(20-15(12)19)22-21-14-8-4-2-6-10-5-1-3-7-11(10)14/h1,3,5,7,9H,2,4,6,8H2,(H,20,22)/b21-14+. The van der Waals surface area contributed by atoms with Gasteiger partial charge in [-0.25, -0.2) is 4.98 Å². The number of aromatic nitrogens is 1. The number of aryl methyl sites for hydroxylation is 1. The molecule has 0 amide bonds. The van der Waals surface area contributed by atoms with Gasteiger partial charge in [-0.1, -0.05) is 59.1 Å². The van der Waals surface area contributed by atoms with Crippen molar-refractivity contribution in [3.8, 4) is 0 Å². The van der Waals surface area contributed by atoms with E-state index in [1.807, 2.05) is 6.07 Å². The number of benzene rings is 1. The first-order valence-electron chi connectivity index (χ1n) is 7.07. The summed E-state index contributed by atoms with van der Waals surface area (Å²) in [5, 5.41) is 5.42. The molecule has 6 heteroatoms. The molecule has 0 atom stereocenters. The quantitative estimate of drug-likeness (QED) is 0.434. The topological polar surface area (TPSA) is 37.3 Å². The molecule has 0 saturated heterocycles. The molecular formula is C16H14Cl3N3. The fourth-order valence-electron chi connectivity index (χ4n) is 2.52. The molecule has 1 aromatic heterocycles. The molecule has 0 unspecified atom stereocenters. The summed E-state index contributed by atoms with van der Waals surface area (Å²) in [5.74, 6) is 0.408. The first-order chi connectivity index (χ1) is 10.6. The highest BCUT2D eigenvalue weighted by atomic mass is 35.5. The Morgan fingerprint density at radius 1 is 1.00 bits per heavy atom. The van der Waals surface area contributed by atoms with E-state index in [-0.39, 0.29) is 5.15 Å². The van der Waals surface area contributed by atoms with E-state index in [2.05, 4.69) is 33.7 Å². The van der Waals surface area contributed by atoms with Gasteiger partial charge in [-0.3, -0.25) is 5.43 Å². The van der Waals surface area contributed by atoms with Gasteiger partial charge in [0.05, 0.1) is 15.8 Å². The maximum Gasteiger partial charge on any atom is 0.166 e. The summed E-state index contributed by atoms with van der Waals surface area (Å²) in [4.78, 5) is 4.12. The fraction of sp³-hybridized carbons (Fsp3) is 0.250. The van der Waals surface area contributed by atoms with Gasteiger partial charge in [0, 0.05) is 5.56 Å². The maximum atomic E-state index is 6.11. The van der Waals surface area contributed by atoms with Crippen LogP contribution < -0.4 is 5.43 Å². The third-order valence-electron chi connectivity index (χ3n) is 3.62. The molecule has 1 heterocycles. The molecule has 0 fully saturated rings. The molecule has 114 valence electrons. The van der Waals surface area contributed by atoms with Gasteiger partial charge >= 0.3 is 0 Å². The highest BCUT2D eigenvalue weighted by Crippen LogP contribution is 2.29. The number of hydrogen-bond donors (Lipinski definition) is 1. The van der Waals surface area contributed by atoms with Crippen molar-refractivity contribution in [3.63, 3.8) is 0 Å². The first-order valence-corrected chi connectivity index (χ1v) is 8.21. The van der Waals surface area contributed by atoms with E-state index in [1.54, 1.807) is 6.07 Å². The van der Waals surface area contributed by atoms with E-state index < -0.39 is 0 Å². The normalized spacial score (nSPS) is 16.2. The van der Waals surface area contributed by atoms with Crippen molar-refractivity contribution in [2.24, 2.45) is 5.10 Å². The Labute approximate surface area is 144 Å². The molecule has 0 radical (unpaired) electrons. The fourth-order valence-corrected chi connectivity index (χ4v) is 3.06. The predicted octanol–water partition coefficient (Wildman–Crippen LogP) is 5.58. The van der Waals surface area contributed by atoms with Crippen molar-refractivity contribution in [3.05, 3.63) is 56.7 Å². The average Bonchev–Trinajstić information content (AvgIpc) is 2.72. The summed E-state index contributed by atoms with van der Waals surface area (Å²) in [6.07, 6.45) is 4.28. The SMILES string of the molecule is Clc1cc(Cl)c(N/N=C2\CCCCc3ccccc32)nc1Cl. The van der Waals surface area contributed by atoms with Crippen molar-refractivity contribution in [1.82, 2.24) is 4.98 Å². The summed E-state index contributed by atoms with van der Waals surface area (Å²) in [6, 6.07) is 9.91. The van der Waals surface area contributed by atoms with Gasteiger partial charge in [0.25, 0.3) is 0 Å². The minimum atomic E-state index is 0.204. The number of rotatable bonds is 2. The van der Waals surface area contributed by atoms with E-state index in [1.165, 1.54) is 17.5 Å². The lowest BCUT2D eigenvalue weighted by atomic mass is 10.0. The van der Waals surface area contributed by atoms with Crippen LogP contribution >= 0.6 is 34.8 Å². The van der Waals surface area contributed by atoms with Crippen molar-refractivity contribution in [2.75, 3.05) is 5.43 Å². The van der Waals surface area contributed by atoms with Crippen LogP contribution in [0.5, 0.6) is 0 Å². The van der Waals surface area contributed by atoms with Crippen LogP contribution in [0.3, 0.4) is 0 Å². The van der Waals surface area contributed by atoms with E-state index in [9.17, 15) is 0 Å². The number of halogens is 3. The molecule has 3 rings (SSSR count). The first kappa shape index (κ1) is 15.6. The van der Waals surface area contributed by atoms with Gasteiger partial charge in [-0.05, 0) is 37.3 Å². The molecule has 1 aliphatic rings. The Morgan fingerprint density at radius 2 is 1.77 bits per heavy atom. The lowest BCUT2D eigenvalue weighted by Gasteiger charge is -2.09. The minimum Gasteiger partial charge on any atom is -0.260 e. The molecule has 0 saturated carbocycles. The third-order valence-corrected chi connectivity index (χ3v) is 4.58. The summed E-state index contributed by atoms with van der Waals surface area (Å²) in [7, 11) is 0. The molecule has 22 heavy (non-hydrogen) atoms. The third kappa shape index (κ3) is 3.37. The molecule has 2 aromatic rings. The Balaban J connectivity index is 1.91. The zero-order valence-corrected chi connectivity index (χ0v) is 14.0. The Morgan fingerprint density at radius 3 is 2.64 bits per heavy atom. The smallest absolute Gasteiger partial charge is 0.166 e. The second-order valence-electron chi connectivity index (χ2n) is 5.13. The second kappa shape index (κ2) is 6.86. The van der Waals surface area contributed by atoms with Crippen LogP contribution in [0.25, 0.3) is 0 Å². The van der Waals surface area contributed by atoms with Gasteiger partial charge in [-0.2, -0.15) is 5.10 Å². The zero-order valence-electron chi connectivity index (χ0n) is 11.7. The Kier molecular flexibility index (Phi) is 4.87. The zero-order chi connectivity index (χ0) is 15.5. The molecule has 3 nitrogen and oxygen atoms in total. The summed E-state index contributed by atoms with van der Waals surface area (Å²) < 4.78 is 0. The highest BCUT2D eigenvalue weighted by molar-refractivity contribution is 6.42. The van der Waals surface area contributed by atoms with Crippen LogP contribution in [0.1, 0.15) is 30.4 Å². The van der Waals surface area contributed by atoms with Crippen LogP contribution in [0.15, 0.2) is 35.4 Å². The average molecular weight is 355 g/mol. The van der Waals surface area contributed by atoms with Crippen molar-refractivity contribution < 1.29 is 0 Å². The van der Waals surface area contributed by atoms with Gasteiger partial charge < -0.3 is 0 Å². The van der Waals surface area contributed by atoms with E-state index in [0.29, 0.717) is 15.9 Å². The summed E-state index contributed by atoms with van der Waals surface area (Å²) in [6.45, 7) is 0. The van der Waals surface area contributed by atoms with Crippen LogP contribution in [0.2, 0.25) is 15.2 Å². The van der Waals surface area contributed by atoms with E-state index in [4.69, 9.17) is 34.8 Å². The van der Waals surface area contributed by atoms with Crippen LogP contribution in [-0.2, 0) is 6.42 Å². The Hall–Kier alpha value is -1.29. The molecule has 0 aliphatic heterocycles. The van der Waals surface area contributed by atoms with Crippen molar-refractivity contribution >= 4 is 46.3 Å². The number of nitrogens with one attached hydrogen (secondary N) is 1. The lowest BCUT2D eigenvalue weighted by molar-refractivity contribution is 0.776. The molecular weight excluding hydrogens is 341 g/mol. The van der Waals surface area contributed by atoms with E-state index >= 15 is 0 Å². The van der Waals surface area contributed by atoms with Crippen LogP contribution in [0, 0.1) is 0 Å². The predicted molar refractivity (Wildman–Crippen MR) is 93.4 cm³/mol. The molecule has 0 spiro atoms. The number of pyridine rings is 1. The monoisotopic (exact) mass is 353 g/mol. The Bertz CT molecular complexity index is 729. The molecule has 1 N–H and O–H groups in total. The van der Waals surface area contributed by atoms with Crippen LogP contribution in [-0.4, -0.2) is 10.7 Å². The highest BCUT2D eigenvalue weighted by Gasteiger charge is 2.14. The lowest BCUT2D eigenvalue weighted by Crippen LogP contribution is -2.06. The van der Waals surface area contributed by atoms with Gasteiger partial charge in [0.1, 0.15) is 5.15 Å². The van der Waals surface area contributed by atoms with Crippen molar-refractivity contribution in [1.29, 1.82) is 0 Å².